The van der Waals surface area contributed by atoms with Crippen LogP contribution in [0.25, 0.3) is 11.2 Å². The molecule has 25 heavy (non-hydrogen) atoms. The van der Waals surface area contributed by atoms with Crippen LogP contribution >= 0.6 is 0 Å². The summed E-state index contributed by atoms with van der Waals surface area (Å²) >= 11 is 0. The summed E-state index contributed by atoms with van der Waals surface area (Å²) in [6.45, 7) is 6.89. The number of carbonyl (C=O) groups excluding carboxylic acids is 1. The van der Waals surface area contributed by atoms with Crippen molar-refractivity contribution in [2.45, 2.75) is 39.8 Å². The van der Waals surface area contributed by atoms with Gasteiger partial charge in [-0.25, -0.2) is 9.97 Å². The molecule has 1 amide bonds. The number of aromatic nitrogens is 4. The molecule has 3 rings (SSSR count). The number of anilines is 1. The van der Waals surface area contributed by atoms with E-state index < -0.39 is 0 Å². The number of hydrogen-bond acceptors (Lipinski definition) is 5. The van der Waals surface area contributed by atoms with Crippen molar-refractivity contribution in [3.05, 3.63) is 47.3 Å². The van der Waals surface area contributed by atoms with Gasteiger partial charge in [-0.05, 0) is 37.5 Å². The van der Waals surface area contributed by atoms with Crippen LogP contribution in [-0.4, -0.2) is 25.7 Å². The Balaban J connectivity index is 1.83. The summed E-state index contributed by atoms with van der Waals surface area (Å²) < 4.78 is 1.81. The lowest BCUT2D eigenvalue weighted by Crippen LogP contribution is -2.15. The Morgan fingerprint density at radius 1 is 1.40 bits per heavy atom. The molecule has 0 bridgehead atoms. The van der Waals surface area contributed by atoms with E-state index in [1.807, 2.05) is 49.8 Å². The number of rotatable bonds is 6. The molecule has 3 N–H and O–H groups in total. The van der Waals surface area contributed by atoms with E-state index in [9.17, 15) is 4.79 Å². The van der Waals surface area contributed by atoms with Crippen LogP contribution in [0.4, 0.5) is 5.82 Å². The zero-order chi connectivity index (χ0) is 18.0. The van der Waals surface area contributed by atoms with Crippen molar-refractivity contribution in [3.8, 4) is 0 Å². The van der Waals surface area contributed by atoms with E-state index in [2.05, 4.69) is 20.4 Å². The van der Waals surface area contributed by atoms with Gasteiger partial charge in [-0.2, -0.15) is 5.10 Å². The molecule has 2 heterocycles. The summed E-state index contributed by atoms with van der Waals surface area (Å²) in [5, 5.41) is 7.75. The average molecular weight is 338 g/mol. The molecule has 0 saturated carbocycles. The molecule has 1 unspecified atom stereocenters. The zero-order valence-corrected chi connectivity index (χ0v) is 14.7. The predicted molar refractivity (Wildman–Crippen MR) is 97.1 cm³/mol. The van der Waals surface area contributed by atoms with E-state index in [0.29, 0.717) is 11.5 Å². The van der Waals surface area contributed by atoms with Crippen molar-refractivity contribution < 1.29 is 4.79 Å². The minimum Gasteiger partial charge on any atom is -0.369 e. The number of benzene rings is 1. The van der Waals surface area contributed by atoms with Gasteiger partial charge in [0.05, 0.1) is 24.9 Å². The van der Waals surface area contributed by atoms with Crippen molar-refractivity contribution >= 4 is 22.9 Å². The van der Waals surface area contributed by atoms with Gasteiger partial charge >= 0.3 is 0 Å². The Morgan fingerprint density at radius 3 is 2.92 bits per heavy atom. The molecule has 7 heteroatoms. The highest BCUT2D eigenvalue weighted by molar-refractivity contribution is 5.76. The summed E-state index contributed by atoms with van der Waals surface area (Å²) in [6, 6.07) is 5.95. The maximum absolute atomic E-state index is 11.2. The lowest BCUT2D eigenvalue weighted by Gasteiger charge is -2.18. The van der Waals surface area contributed by atoms with E-state index in [1.165, 1.54) is 0 Å². The average Bonchev–Trinajstić information content (AvgIpc) is 2.98. The molecule has 0 spiro atoms. The van der Waals surface area contributed by atoms with Crippen molar-refractivity contribution in [3.63, 3.8) is 0 Å². The minimum atomic E-state index is -0.335. The minimum absolute atomic E-state index is 0.00726. The molecule has 1 atom stereocenters. The van der Waals surface area contributed by atoms with Gasteiger partial charge in [-0.3, -0.25) is 9.48 Å². The fraction of sp³-hybridized carbons (Fsp3) is 0.333. The Morgan fingerprint density at radius 2 is 2.20 bits per heavy atom. The Hall–Kier alpha value is -2.96. The molecule has 0 aliphatic rings. The Bertz CT molecular complexity index is 917. The van der Waals surface area contributed by atoms with Gasteiger partial charge in [0.25, 0.3) is 0 Å². The quantitative estimate of drug-likeness (QED) is 0.719. The molecule has 7 nitrogen and oxygen atoms in total. The summed E-state index contributed by atoms with van der Waals surface area (Å²) in [6.07, 6.45) is 3.83. The van der Waals surface area contributed by atoms with Crippen molar-refractivity contribution in [2.75, 3.05) is 5.32 Å². The van der Waals surface area contributed by atoms with Crippen LogP contribution < -0.4 is 11.1 Å². The molecule has 0 fully saturated rings. The molecule has 0 aliphatic heterocycles. The number of hydrogen-bond donors (Lipinski definition) is 2. The maximum atomic E-state index is 11.2. The van der Waals surface area contributed by atoms with Crippen LogP contribution in [0, 0.1) is 6.92 Å². The molecule has 3 aromatic rings. The van der Waals surface area contributed by atoms with E-state index in [4.69, 9.17) is 5.73 Å². The van der Waals surface area contributed by atoms with Crippen molar-refractivity contribution in [1.29, 1.82) is 0 Å². The number of aryl methyl sites for hydroxylation is 2. The molecular formula is C18H22N6O. The van der Waals surface area contributed by atoms with Gasteiger partial charge in [0.1, 0.15) is 11.3 Å². The Kier molecular flexibility index (Phi) is 4.65. The van der Waals surface area contributed by atoms with Gasteiger partial charge in [0.2, 0.25) is 11.6 Å². The van der Waals surface area contributed by atoms with Gasteiger partial charge in [0, 0.05) is 6.54 Å². The third-order valence-corrected chi connectivity index (χ3v) is 4.15. The largest absolute Gasteiger partial charge is 0.369 e. The van der Waals surface area contributed by atoms with Crippen molar-refractivity contribution in [1.82, 2.24) is 19.7 Å². The number of primary amides is 1. The number of nitrogens with two attached hydrogens (primary N) is 1. The van der Waals surface area contributed by atoms with E-state index in [-0.39, 0.29) is 18.4 Å². The standard InChI is InChI=1S/C18H22N6O/c1-4-24-10-15-18(23-24)22-17(9-20-15)21-12(3)14-7-13(8-16(19)25)6-5-11(14)2/h5-7,9-10,12H,4,8H2,1-3H3,(H2,19,25)(H,21,22,23). The van der Waals surface area contributed by atoms with Crippen molar-refractivity contribution in [2.24, 2.45) is 5.73 Å². The van der Waals surface area contributed by atoms with E-state index in [0.717, 1.165) is 28.8 Å². The lowest BCUT2D eigenvalue weighted by atomic mass is 9.98. The van der Waals surface area contributed by atoms with E-state index in [1.54, 1.807) is 6.20 Å². The van der Waals surface area contributed by atoms with Crippen LogP contribution in [-0.2, 0) is 17.8 Å². The topological polar surface area (TPSA) is 98.7 Å². The Labute approximate surface area is 146 Å². The smallest absolute Gasteiger partial charge is 0.221 e. The summed E-state index contributed by atoms with van der Waals surface area (Å²) in [5.41, 5.74) is 9.84. The fourth-order valence-corrected chi connectivity index (χ4v) is 2.84. The third-order valence-electron chi connectivity index (χ3n) is 4.15. The van der Waals surface area contributed by atoms with Crippen LogP contribution in [0.15, 0.2) is 30.6 Å². The first-order valence-corrected chi connectivity index (χ1v) is 8.30. The summed E-state index contributed by atoms with van der Waals surface area (Å²) in [4.78, 5) is 20.1. The molecule has 0 saturated heterocycles. The number of fused-ring (bicyclic) bond motifs is 1. The maximum Gasteiger partial charge on any atom is 0.221 e. The predicted octanol–water partition coefficient (Wildman–Crippen LogP) is 2.36. The van der Waals surface area contributed by atoms with Crippen LogP contribution in [0.1, 0.15) is 36.6 Å². The molecule has 1 aromatic carbocycles. The summed E-state index contributed by atoms with van der Waals surface area (Å²) in [7, 11) is 0. The number of nitrogens with one attached hydrogen (secondary N) is 1. The second-order valence-corrected chi connectivity index (χ2v) is 6.15. The summed E-state index contributed by atoms with van der Waals surface area (Å²) in [5.74, 6) is 0.333. The highest BCUT2D eigenvalue weighted by atomic mass is 16.1. The third kappa shape index (κ3) is 3.76. The first-order chi connectivity index (χ1) is 12.0. The molecule has 2 aromatic heterocycles. The second-order valence-electron chi connectivity index (χ2n) is 6.15. The molecular weight excluding hydrogens is 316 g/mol. The van der Waals surface area contributed by atoms with Gasteiger partial charge in [-0.1, -0.05) is 18.2 Å². The van der Waals surface area contributed by atoms with Crippen LogP contribution in [0.3, 0.4) is 0 Å². The molecule has 130 valence electrons. The zero-order valence-electron chi connectivity index (χ0n) is 14.7. The van der Waals surface area contributed by atoms with Crippen LogP contribution in [0.5, 0.6) is 0 Å². The van der Waals surface area contributed by atoms with Gasteiger partial charge in [0.15, 0.2) is 0 Å². The highest BCUT2D eigenvalue weighted by Crippen LogP contribution is 2.23. The first kappa shape index (κ1) is 16.9. The second kappa shape index (κ2) is 6.88. The number of amides is 1. The molecule has 0 aliphatic carbocycles. The van der Waals surface area contributed by atoms with Crippen LogP contribution in [0.2, 0.25) is 0 Å². The lowest BCUT2D eigenvalue weighted by molar-refractivity contribution is -0.117. The first-order valence-electron chi connectivity index (χ1n) is 8.30. The molecule has 0 radical (unpaired) electrons. The van der Waals surface area contributed by atoms with Gasteiger partial charge in [-0.15, -0.1) is 0 Å². The van der Waals surface area contributed by atoms with E-state index >= 15 is 0 Å². The normalized spacial score (nSPS) is 12.3. The van der Waals surface area contributed by atoms with Gasteiger partial charge < -0.3 is 11.1 Å². The monoisotopic (exact) mass is 338 g/mol. The highest BCUT2D eigenvalue weighted by Gasteiger charge is 2.12. The SMILES string of the molecule is CCn1cc2ncc(NC(C)c3cc(CC(N)=O)ccc3C)nc2n1. The number of nitrogens with zero attached hydrogens (tertiary/aromatic N) is 4. The number of carbonyl (C=O) groups is 1. The fourth-order valence-electron chi connectivity index (χ4n) is 2.84.